The van der Waals surface area contributed by atoms with Crippen LogP contribution in [-0.2, 0) is 0 Å². The third-order valence-corrected chi connectivity index (χ3v) is 5.40. The van der Waals surface area contributed by atoms with E-state index in [1.165, 1.54) is 0 Å². The SMILES string of the molecule is O=C(c1ccc(-c2ccccc2)cc1)N1CCS[C@@H]1c1ccco1. The molecule has 120 valence electrons. The highest BCUT2D eigenvalue weighted by Gasteiger charge is 2.32. The Morgan fingerprint density at radius 3 is 2.42 bits per heavy atom. The number of carbonyl (C=O) groups excluding carboxylic acids is 1. The van der Waals surface area contributed by atoms with E-state index in [-0.39, 0.29) is 11.3 Å². The molecule has 1 amide bonds. The molecule has 1 saturated heterocycles. The second-order valence-electron chi connectivity index (χ2n) is 5.68. The smallest absolute Gasteiger partial charge is 0.255 e. The van der Waals surface area contributed by atoms with E-state index in [1.807, 2.05) is 59.5 Å². The van der Waals surface area contributed by atoms with Gasteiger partial charge in [-0.25, -0.2) is 0 Å². The van der Waals surface area contributed by atoms with Gasteiger partial charge in [0.2, 0.25) is 0 Å². The zero-order valence-corrected chi connectivity index (χ0v) is 13.9. The second-order valence-corrected chi connectivity index (χ2v) is 6.87. The predicted molar refractivity (Wildman–Crippen MR) is 96.8 cm³/mol. The third-order valence-electron chi connectivity index (χ3n) is 4.18. The summed E-state index contributed by atoms with van der Waals surface area (Å²) in [7, 11) is 0. The van der Waals surface area contributed by atoms with Crippen LogP contribution in [0.5, 0.6) is 0 Å². The molecule has 1 aromatic heterocycles. The first-order valence-electron chi connectivity index (χ1n) is 7.94. The molecule has 0 aliphatic carbocycles. The fourth-order valence-electron chi connectivity index (χ4n) is 2.95. The van der Waals surface area contributed by atoms with Gasteiger partial charge in [0, 0.05) is 17.9 Å². The number of nitrogens with zero attached hydrogens (tertiary/aromatic N) is 1. The Labute approximate surface area is 145 Å². The van der Waals surface area contributed by atoms with Gasteiger partial charge in [0.1, 0.15) is 11.1 Å². The highest BCUT2D eigenvalue weighted by molar-refractivity contribution is 7.99. The Kier molecular flexibility index (Phi) is 4.13. The van der Waals surface area contributed by atoms with Gasteiger partial charge in [-0.3, -0.25) is 4.79 Å². The summed E-state index contributed by atoms with van der Waals surface area (Å²) >= 11 is 1.74. The van der Waals surface area contributed by atoms with Crippen LogP contribution in [0.3, 0.4) is 0 Å². The molecule has 4 heteroatoms. The Balaban J connectivity index is 1.56. The van der Waals surface area contributed by atoms with Crippen molar-refractivity contribution in [2.24, 2.45) is 0 Å². The lowest BCUT2D eigenvalue weighted by atomic mass is 10.0. The number of amides is 1. The summed E-state index contributed by atoms with van der Waals surface area (Å²) in [5, 5.41) is -0.0266. The minimum atomic E-state index is -0.0266. The van der Waals surface area contributed by atoms with Crippen LogP contribution in [0.25, 0.3) is 11.1 Å². The van der Waals surface area contributed by atoms with Gasteiger partial charge < -0.3 is 9.32 Å². The van der Waals surface area contributed by atoms with Crippen molar-refractivity contribution in [3.8, 4) is 11.1 Å². The first-order chi connectivity index (χ1) is 11.8. The van der Waals surface area contributed by atoms with Gasteiger partial charge in [-0.2, -0.15) is 0 Å². The molecule has 3 aromatic rings. The Hall–Kier alpha value is -2.46. The molecule has 2 heterocycles. The van der Waals surface area contributed by atoms with Crippen molar-refractivity contribution >= 4 is 17.7 Å². The van der Waals surface area contributed by atoms with Crippen molar-refractivity contribution in [3.05, 3.63) is 84.3 Å². The number of carbonyl (C=O) groups is 1. The maximum Gasteiger partial charge on any atom is 0.255 e. The highest BCUT2D eigenvalue weighted by atomic mass is 32.2. The molecule has 0 unspecified atom stereocenters. The summed E-state index contributed by atoms with van der Waals surface area (Å²) < 4.78 is 5.50. The van der Waals surface area contributed by atoms with Crippen LogP contribution in [0.4, 0.5) is 0 Å². The van der Waals surface area contributed by atoms with Gasteiger partial charge in [-0.15, -0.1) is 11.8 Å². The molecule has 0 bridgehead atoms. The van der Waals surface area contributed by atoms with Crippen LogP contribution < -0.4 is 0 Å². The minimum absolute atomic E-state index is 0.0266. The van der Waals surface area contributed by atoms with Gasteiger partial charge in [0.25, 0.3) is 5.91 Å². The van der Waals surface area contributed by atoms with Gasteiger partial charge in [0.05, 0.1) is 6.26 Å². The summed E-state index contributed by atoms with van der Waals surface area (Å²) in [6, 6.07) is 21.8. The van der Waals surface area contributed by atoms with Crippen LogP contribution in [-0.4, -0.2) is 23.1 Å². The van der Waals surface area contributed by atoms with E-state index in [0.29, 0.717) is 5.56 Å². The van der Waals surface area contributed by atoms with E-state index in [2.05, 4.69) is 12.1 Å². The summed E-state index contributed by atoms with van der Waals surface area (Å²) in [5.41, 5.74) is 2.99. The van der Waals surface area contributed by atoms with Crippen LogP contribution in [0.15, 0.2) is 77.4 Å². The van der Waals surface area contributed by atoms with E-state index in [4.69, 9.17) is 4.42 Å². The van der Waals surface area contributed by atoms with E-state index in [9.17, 15) is 4.79 Å². The Bertz CT molecular complexity index is 813. The first-order valence-corrected chi connectivity index (χ1v) is 8.99. The van der Waals surface area contributed by atoms with Crippen molar-refractivity contribution in [2.45, 2.75) is 5.37 Å². The lowest BCUT2D eigenvalue weighted by molar-refractivity contribution is 0.0749. The van der Waals surface area contributed by atoms with Crippen molar-refractivity contribution in [2.75, 3.05) is 12.3 Å². The average Bonchev–Trinajstić information content (AvgIpc) is 3.33. The summed E-state index contributed by atoms with van der Waals surface area (Å²) in [5.74, 6) is 1.83. The molecule has 3 nitrogen and oxygen atoms in total. The number of hydrogen-bond acceptors (Lipinski definition) is 3. The van der Waals surface area contributed by atoms with E-state index >= 15 is 0 Å². The lowest BCUT2D eigenvalue weighted by Crippen LogP contribution is -2.30. The van der Waals surface area contributed by atoms with Crippen LogP contribution >= 0.6 is 11.8 Å². The molecule has 1 aliphatic rings. The molecule has 1 atom stereocenters. The van der Waals surface area contributed by atoms with E-state index in [0.717, 1.165) is 29.2 Å². The minimum Gasteiger partial charge on any atom is -0.466 e. The largest absolute Gasteiger partial charge is 0.466 e. The molecule has 1 aliphatic heterocycles. The maximum atomic E-state index is 12.9. The Morgan fingerprint density at radius 1 is 0.958 bits per heavy atom. The van der Waals surface area contributed by atoms with Crippen LogP contribution in [0.2, 0.25) is 0 Å². The second kappa shape index (κ2) is 6.57. The molecule has 0 spiro atoms. The molecular weight excluding hydrogens is 318 g/mol. The Morgan fingerprint density at radius 2 is 1.71 bits per heavy atom. The molecule has 4 rings (SSSR count). The maximum absolute atomic E-state index is 12.9. The molecule has 0 N–H and O–H groups in total. The van der Waals surface area contributed by atoms with Gasteiger partial charge >= 0.3 is 0 Å². The number of benzene rings is 2. The normalized spacial score (nSPS) is 17.2. The van der Waals surface area contributed by atoms with Gasteiger partial charge in [0.15, 0.2) is 0 Å². The number of thioether (sulfide) groups is 1. The van der Waals surface area contributed by atoms with Crippen LogP contribution in [0, 0.1) is 0 Å². The van der Waals surface area contributed by atoms with Gasteiger partial charge in [-0.05, 0) is 35.4 Å². The highest BCUT2D eigenvalue weighted by Crippen LogP contribution is 2.38. The van der Waals surface area contributed by atoms with Crippen molar-refractivity contribution in [1.82, 2.24) is 4.90 Å². The number of furan rings is 1. The molecule has 0 radical (unpaired) electrons. The monoisotopic (exact) mass is 335 g/mol. The standard InChI is InChI=1S/C20H17NO2S/c22-19(21-12-14-24-20(21)18-7-4-13-23-18)17-10-8-16(9-11-17)15-5-2-1-3-6-15/h1-11,13,20H,12,14H2/t20-/m1/s1. The molecule has 0 saturated carbocycles. The topological polar surface area (TPSA) is 33.5 Å². The number of rotatable bonds is 3. The number of hydrogen-bond donors (Lipinski definition) is 0. The van der Waals surface area contributed by atoms with E-state index < -0.39 is 0 Å². The summed E-state index contributed by atoms with van der Waals surface area (Å²) in [6.07, 6.45) is 1.66. The molecule has 1 fully saturated rings. The molecular formula is C20H17NO2S. The summed E-state index contributed by atoms with van der Waals surface area (Å²) in [6.45, 7) is 0.745. The average molecular weight is 335 g/mol. The van der Waals surface area contributed by atoms with Crippen molar-refractivity contribution in [1.29, 1.82) is 0 Å². The lowest BCUT2D eigenvalue weighted by Gasteiger charge is -2.22. The zero-order chi connectivity index (χ0) is 16.4. The van der Waals surface area contributed by atoms with E-state index in [1.54, 1.807) is 18.0 Å². The third kappa shape index (κ3) is 2.85. The van der Waals surface area contributed by atoms with Crippen molar-refractivity contribution in [3.63, 3.8) is 0 Å². The fraction of sp³-hybridized carbons (Fsp3) is 0.150. The summed E-state index contributed by atoms with van der Waals surface area (Å²) in [4.78, 5) is 14.8. The molecule has 24 heavy (non-hydrogen) atoms. The van der Waals surface area contributed by atoms with Crippen molar-refractivity contribution < 1.29 is 9.21 Å². The van der Waals surface area contributed by atoms with Gasteiger partial charge in [-0.1, -0.05) is 42.5 Å². The zero-order valence-electron chi connectivity index (χ0n) is 13.1. The predicted octanol–water partition coefficient (Wildman–Crippen LogP) is 4.83. The molecule has 2 aromatic carbocycles. The van der Waals surface area contributed by atoms with Crippen LogP contribution in [0.1, 0.15) is 21.5 Å². The fourth-order valence-corrected chi connectivity index (χ4v) is 4.15. The quantitative estimate of drug-likeness (QED) is 0.687. The first kappa shape index (κ1) is 15.1.